The summed E-state index contributed by atoms with van der Waals surface area (Å²) >= 11 is 0. The zero-order chi connectivity index (χ0) is 22.8. The molecule has 3 aliphatic rings. The van der Waals surface area contributed by atoms with Crippen LogP contribution in [0.2, 0.25) is 0 Å². The fourth-order valence-corrected chi connectivity index (χ4v) is 6.51. The van der Waals surface area contributed by atoms with Gasteiger partial charge in [0, 0.05) is 55.9 Å². The van der Waals surface area contributed by atoms with Crippen molar-refractivity contribution in [2.75, 3.05) is 59.7 Å². The largest absolute Gasteiger partial charge is 0.385 e. The van der Waals surface area contributed by atoms with E-state index >= 15 is 0 Å². The Morgan fingerprint density at radius 2 is 2.06 bits per heavy atom. The molecule has 2 fully saturated rings. The van der Waals surface area contributed by atoms with E-state index in [1.54, 1.807) is 7.11 Å². The van der Waals surface area contributed by atoms with Gasteiger partial charge in [-0.1, -0.05) is 18.2 Å². The normalized spacial score (nSPS) is 23.2. The molecule has 1 aromatic heterocycles. The van der Waals surface area contributed by atoms with Crippen LogP contribution in [0.15, 0.2) is 29.2 Å². The van der Waals surface area contributed by atoms with Crippen molar-refractivity contribution in [1.29, 1.82) is 0 Å². The van der Waals surface area contributed by atoms with Gasteiger partial charge in [0.05, 0.1) is 41.5 Å². The van der Waals surface area contributed by atoms with Crippen LogP contribution in [0.4, 0.5) is 0 Å². The van der Waals surface area contributed by atoms with Gasteiger partial charge in [0.2, 0.25) is 0 Å². The van der Waals surface area contributed by atoms with Crippen molar-refractivity contribution in [2.24, 2.45) is 0 Å². The van der Waals surface area contributed by atoms with E-state index in [1.165, 1.54) is 0 Å². The Balaban J connectivity index is 1.53. The van der Waals surface area contributed by atoms with Crippen molar-refractivity contribution in [3.63, 3.8) is 0 Å². The first kappa shape index (κ1) is 22.7. The van der Waals surface area contributed by atoms with Gasteiger partial charge in [0.1, 0.15) is 0 Å². The Labute approximate surface area is 197 Å². The Kier molecular flexibility index (Phi) is 6.91. The number of likely N-dealkylation sites (tertiary alicyclic amines) is 1. The number of fused-ring (bicyclic) bond motifs is 3. The summed E-state index contributed by atoms with van der Waals surface area (Å²) in [5.74, 6) is 0.264. The number of carbonyl (C=O) groups excluding carboxylic acids is 1. The monoisotopic (exact) mass is 472 g/mol. The van der Waals surface area contributed by atoms with E-state index in [2.05, 4.69) is 9.58 Å². The van der Waals surface area contributed by atoms with Crippen LogP contribution in [0, 0.1) is 0 Å². The van der Waals surface area contributed by atoms with Crippen molar-refractivity contribution in [3.05, 3.63) is 35.5 Å². The van der Waals surface area contributed by atoms with Gasteiger partial charge < -0.3 is 19.3 Å². The molecule has 0 aliphatic carbocycles. The molecule has 2 saturated heterocycles. The predicted molar refractivity (Wildman–Crippen MR) is 126 cm³/mol. The van der Waals surface area contributed by atoms with E-state index in [0.29, 0.717) is 37.8 Å². The number of amides is 1. The first-order chi connectivity index (χ1) is 16.2. The highest BCUT2D eigenvalue weighted by Crippen LogP contribution is 2.40. The molecule has 2 aromatic rings. The average molecular weight is 473 g/mol. The highest BCUT2D eigenvalue weighted by Gasteiger charge is 2.36. The highest BCUT2D eigenvalue weighted by molar-refractivity contribution is 7.84. The summed E-state index contributed by atoms with van der Waals surface area (Å²) in [5.41, 5.74) is 3.22. The minimum Gasteiger partial charge on any atom is -0.385 e. The molecule has 0 saturated carbocycles. The van der Waals surface area contributed by atoms with Gasteiger partial charge in [-0.3, -0.25) is 13.7 Å². The van der Waals surface area contributed by atoms with E-state index < -0.39 is 10.8 Å². The number of morpholine rings is 1. The van der Waals surface area contributed by atoms with Crippen molar-refractivity contribution in [1.82, 2.24) is 19.6 Å². The number of benzene rings is 1. The minimum absolute atomic E-state index is 0.0718. The maximum atomic E-state index is 13.5. The maximum absolute atomic E-state index is 13.5. The number of aromatic nitrogens is 2. The summed E-state index contributed by atoms with van der Waals surface area (Å²) < 4.78 is 25.8. The van der Waals surface area contributed by atoms with Gasteiger partial charge in [0.25, 0.3) is 5.91 Å². The van der Waals surface area contributed by atoms with Crippen LogP contribution in [0.25, 0.3) is 11.3 Å². The zero-order valence-corrected chi connectivity index (χ0v) is 20.0. The molecule has 1 amide bonds. The van der Waals surface area contributed by atoms with Gasteiger partial charge in [-0.25, -0.2) is 0 Å². The van der Waals surface area contributed by atoms with Crippen LogP contribution in [0.5, 0.6) is 0 Å². The number of nitrogens with zero attached hydrogens (tertiary/aromatic N) is 4. The van der Waals surface area contributed by atoms with E-state index in [0.717, 1.165) is 67.2 Å². The molecular weight excluding hydrogens is 440 g/mol. The fourth-order valence-electron chi connectivity index (χ4n) is 5.18. The third-order valence-corrected chi connectivity index (χ3v) is 8.22. The standard InChI is InChI=1S/C24H32N4O4S/c1-31-13-5-10-26-9-4-6-18(16-26)28-23-19-7-2-3-8-21(19)33(30)17-20(23)22(25-28)24(29)27-11-14-32-15-12-27/h2-3,7-8,18H,4-6,9-17H2,1H3. The second-order valence-corrected chi connectivity index (χ2v) is 10.4. The number of ether oxygens (including phenoxy) is 2. The molecule has 2 atom stereocenters. The quantitative estimate of drug-likeness (QED) is 0.601. The average Bonchev–Trinajstić information content (AvgIpc) is 3.24. The summed E-state index contributed by atoms with van der Waals surface area (Å²) in [6.45, 7) is 5.94. The third-order valence-electron chi connectivity index (χ3n) is 6.82. The van der Waals surface area contributed by atoms with Crippen molar-refractivity contribution in [3.8, 4) is 11.3 Å². The molecule has 33 heavy (non-hydrogen) atoms. The van der Waals surface area contributed by atoms with Crippen LogP contribution in [-0.2, 0) is 26.0 Å². The molecule has 178 valence electrons. The summed E-state index contributed by atoms with van der Waals surface area (Å²) in [4.78, 5) is 18.6. The Hall–Kier alpha value is -2.07. The van der Waals surface area contributed by atoms with E-state index in [1.807, 2.05) is 29.2 Å². The number of rotatable bonds is 6. The van der Waals surface area contributed by atoms with E-state index in [9.17, 15) is 9.00 Å². The first-order valence-corrected chi connectivity index (χ1v) is 13.2. The molecular formula is C24H32N4O4S. The molecule has 9 heteroatoms. The van der Waals surface area contributed by atoms with Crippen LogP contribution in [-0.4, -0.2) is 89.4 Å². The van der Waals surface area contributed by atoms with E-state index in [4.69, 9.17) is 14.6 Å². The summed E-state index contributed by atoms with van der Waals surface area (Å²) in [5, 5.41) is 4.95. The van der Waals surface area contributed by atoms with Gasteiger partial charge >= 0.3 is 0 Å². The number of piperidine rings is 1. The number of carbonyl (C=O) groups is 1. The van der Waals surface area contributed by atoms with Crippen LogP contribution >= 0.6 is 0 Å². The second kappa shape index (κ2) is 10.0. The Morgan fingerprint density at radius 1 is 1.24 bits per heavy atom. The molecule has 4 heterocycles. The number of hydrogen-bond donors (Lipinski definition) is 0. The number of methoxy groups -OCH3 is 1. The molecule has 1 aromatic carbocycles. The lowest BCUT2D eigenvalue weighted by Gasteiger charge is -2.34. The Bertz CT molecular complexity index is 1030. The molecule has 2 unspecified atom stereocenters. The molecule has 3 aliphatic heterocycles. The van der Waals surface area contributed by atoms with Gasteiger partial charge in [-0.15, -0.1) is 0 Å². The smallest absolute Gasteiger partial charge is 0.274 e. The SMILES string of the molecule is COCCCN1CCCC(n2nc(C(=O)N3CCOCC3)c3c2-c2ccccc2S(=O)C3)C1. The summed E-state index contributed by atoms with van der Waals surface area (Å²) in [6.07, 6.45) is 3.11. The third kappa shape index (κ3) is 4.51. The lowest BCUT2D eigenvalue weighted by atomic mass is 10.0. The fraction of sp³-hybridized carbons (Fsp3) is 0.583. The summed E-state index contributed by atoms with van der Waals surface area (Å²) in [7, 11) is 0.554. The van der Waals surface area contributed by atoms with Crippen LogP contribution < -0.4 is 0 Å². The lowest BCUT2D eigenvalue weighted by molar-refractivity contribution is 0.0297. The molecule has 0 spiro atoms. The number of hydrogen-bond acceptors (Lipinski definition) is 6. The molecule has 0 N–H and O–H groups in total. The van der Waals surface area contributed by atoms with Crippen LogP contribution in [0.1, 0.15) is 41.4 Å². The van der Waals surface area contributed by atoms with E-state index in [-0.39, 0.29) is 11.9 Å². The summed E-state index contributed by atoms with van der Waals surface area (Å²) in [6, 6.07) is 8.05. The first-order valence-electron chi connectivity index (χ1n) is 11.8. The Morgan fingerprint density at radius 3 is 2.88 bits per heavy atom. The van der Waals surface area contributed by atoms with Crippen molar-refractivity contribution in [2.45, 2.75) is 36.0 Å². The predicted octanol–water partition coefficient (Wildman–Crippen LogP) is 2.32. The minimum atomic E-state index is -1.19. The molecule has 0 bridgehead atoms. The van der Waals surface area contributed by atoms with Gasteiger partial charge in [-0.2, -0.15) is 5.10 Å². The lowest BCUT2D eigenvalue weighted by Crippen LogP contribution is -2.41. The molecule has 5 rings (SSSR count). The topological polar surface area (TPSA) is 76.9 Å². The maximum Gasteiger partial charge on any atom is 0.274 e. The van der Waals surface area contributed by atoms with Crippen molar-refractivity contribution < 1.29 is 18.5 Å². The highest BCUT2D eigenvalue weighted by atomic mass is 32.2. The molecule has 8 nitrogen and oxygen atoms in total. The second-order valence-electron chi connectivity index (χ2n) is 8.95. The zero-order valence-electron chi connectivity index (χ0n) is 19.2. The van der Waals surface area contributed by atoms with Gasteiger partial charge in [-0.05, 0) is 31.9 Å². The van der Waals surface area contributed by atoms with Crippen molar-refractivity contribution >= 4 is 16.7 Å². The van der Waals surface area contributed by atoms with Gasteiger partial charge in [0.15, 0.2) is 5.69 Å². The van der Waals surface area contributed by atoms with Crippen LogP contribution in [0.3, 0.4) is 0 Å². The molecule has 0 radical (unpaired) electrons.